The summed E-state index contributed by atoms with van der Waals surface area (Å²) in [5.74, 6) is -0.167. The van der Waals surface area contributed by atoms with Crippen LogP contribution in [0.5, 0.6) is 0 Å². The van der Waals surface area contributed by atoms with E-state index in [1.165, 1.54) is 15.7 Å². The maximum atomic E-state index is 13.3. The van der Waals surface area contributed by atoms with E-state index >= 15 is 0 Å². The Bertz CT molecular complexity index is 1290. The normalized spacial score (nSPS) is 12.9. The van der Waals surface area contributed by atoms with Gasteiger partial charge in [0, 0.05) is 24.3 Å². The third-order valence-electron chi connectivity index (χ3n) is 5.78. The highest BCUT2D eigenvalue weighted by atomic mass is 127. The minimum atomic E-state index is -0.652. The number of aromatic nitrogens is 3. The number of rotatable bonds is 8. The van der Waals surface area contributed by atoms with Gasteiger partial charge < -0.3 is 15.4 Å². The van der Waals surface area contributed by atoms with Crippen LogP contribution in [0.2, 0.25) is 0 Å². The number of carbonyl (C=O) groups is 3. The third-order valence-corrected chi connectivity index (χ3v) is 6.10. The first-order valence-corrected chi connectivity index (χ1v) is 12.9. The van der Waals surface area contributed by atoms with E-state index in [0.29, 0.717) is 34.4 Å². The lowest BCUT2D eigenvalue weighted by atomic mass is 10.1. The Labute approximate surface area is 216 Å². The van der Waals surface area contributed by atoms with Crippen molar-refractivity contribution in [2.75, 3.05) is 16.1 Å². The number of alkyl halides is 1. The van der Waals surface area contributed by atoms with Crippen LogP contribution in [0.1, 0.15) is 58.0 Å². The Hall–Kier alpha value is -3.22. The molecule has 1 aromatic carbocycles. The number of fused-ring (bicyclic) bond motifs is 1. The van der Waals surface area contributed by atoms with E-state index in [2.05, 4.69) is 20.7 Å². The van der Waals surface area contributed by atoms with E-state index in [1.807, 2.05) is 36.4 Å². The van der Waals surface area contributed by atoms with Gasteiger partial charge in [0.05, 0.1) is 11.3 Å². The smallest absolute Gasteiger partial charge is 0.421 e. The molecule has 1 aliphatic carbocycles. The molecular weight excluding hydrogens is 563 g/mol. The predicted octanol–water partition coefficient (Wildman–Crippen LogP) is 4.05. The van der Waals surface area contributed by atoms with Crippen LogP contribution >= 0.6 is 22.6 Å². The van der Waals surface area contributed by atoms with E-state index in [-0.39, 0.29) is 28.3 Å². The molecule has 3 aromatic rings. The first kappa shape index (κ1) is 24.9. The number of hydrogen-bond donors (Lipinski definition) is 2. The maximum absolute atomic E-state index is 13.3. The fraction of sp³-hybridized carbons (Fsp3) is 0.375. The summed E-state index contributed by atoms with van der Waals surface area (Å²) < 4.78 is 7.02. The van der Waals surface area contributed by atoms with Crippen molar-refractivity contribution >= 4 is 57.5 Å². The molecule has 1 fully saturated rings. The van der Waals surface area contributed by atoms with Gasteiger partial charge in [0.2, 0.25) is 0 Å². The molecule has 11 heteroatoms. The number of hydrogen-bond acceptors (Lipinski definition) is 6. The first-order valence-electron chi connectivity index (χ1n) is 11.4. The first-order chi connectivity index (χ1) is 16.8. The molecule has 0 atom stereocenters. The van der Waals surface area contributed by atoms with Crippen molar-refractivity contribution in [3.8, 4) is 0 Å². The Balaban J connectivity index is 1.84. The number of benzene rings is 1. The van der Waals surface area contributed by atoms with Crippen molar-refractivity contribution in [1.29, 1.82) is 0 Å². The molecule has 0 unspecified atom stereocenters. The second-order valence-corrected chi connectivity index (χ2v) is 9.03. The fourth-order valence-corrected chi connectivity index (χ4v) is 4.03. The largest absolute Gasteiger partial charge is 0.438 e. The van der Waals surface area contributed by atoms with Crippen LogP contribution in [0.3, 0.4) is 0 Å². The van der Waals surface area contributed by atoms with Crippen LogP contribution in [0, 0.1) is 13.8 Å². The Morgan fingerprint density at radius 3 is 2.69 bits per heavy atom. The number of nitrogens with one attached hydrogen (secondary N) is 2. The van der Waals surface area contributed by atoms with Crippen LogP contribution in [0.25, 0.3) is 5.52 Å². The van der Waals surface area contributed by atoms with Gasteiger partial charge in [0.1, 0.15) is 16.5 Å². The summed E-state index contributed by atoms with van der Waals surface area (Å²) in [5, 5.41) is 10.1. The van der Waals surface area contributed by atoms with Crippen LogP contribution in [-0.2, 0) is 4.74 Å². The number of nitrogens with zero attached hydrogens (tertiary/aromatic N) is 4. The van der Waals surface area contributed by atoms with Crippen molar-refractivity contribution in [3.63, 3.8) is 0 Å². The van der Waals surface area contributed by atoms with E-state index in [0.717, 1.165) is 24.8 Å². The summed E-state index contributed by atoms with van der Waals surface area (Å²) in [6, 6.07) is 5.38. The Morgan fingerprint density at radius 2 is 2.00 bits per heavy atom. The molecule has 0 aliphatic heterocycles. The van der Waals surface area contributed by atoms with Crippen molar-refractivity contribution < 1.29 is 19.1 Å². The number of aryl methyl sites for hydroxylation is 2. The number of amides is 3. The van der Waals surface area contributed by atoms with Crippen molar-refractivity contribution in [1.82, 2.24) is 25.2 Å². The average Bonchev–Trinajstić information content (AvgIpc) is 3.59. The molecule has 0 radical (unpaired) electrons. The SMILES string of the molecule is CCCNC(=O)c1cn2ncnc(N(C(=O)OCI)c3cc(C(=O)NC4CC4)ccc3C)c2c1C. The van der Waals surface area contributed by atoms with Crippen LogP contribution in [-0.4, -0.2) is 49.7 Å². The zero-order valence-corrected chi connectivity index (χ0v) is 22.0. The summed E-state index contributed by atoms with van der Waals surface area (Å²) >= 11 is 1.95. The Kier molecular flexibility index (Phi) is 7.53. The van der Waals surface area contributed by atoms with Crippen LogP contribution in [0.4, 0.5) is 16.3 Å². The number of ether oxygens (including phenoxy) is 1. The standard InChI is InChI=1S/C24H27IN6O4/c1-4-9-26-23(33)18-11-30-20(15(18)3)21(27-13-28-30)31(24(34)35-12-25)19-10-16(6-5-14(19)2)22(32)29-17-7-8-17/h5-6,10-11,13,17H,4,7-9,12H2,1-3H3,(H,26,33)(H,29,32). The van der Waals surface area contributed by atoms with Gasteiger partial charge in [0.15, 0.2) is 5.82 Å². The third kappa shape index (κ3) is 5.24. The number of anilines is 2. The lowest BCUT2D eigenvalue weighted by Gasteiger charge is -2.24. The monoisotopic (exact) mass is 590 g/mol. The van der Waals surface area contributed by atoms with Gasteiger partial charge in [-0.05, 0) is 79.0 Å². The molecule has 2 heterocycles. The van der Waals surface area contributed by atoms with E-state index in [4.69, 9.17) is 4.74 Å². The summed E-state index contributed by atoms with van der Waals surface area (Å²) in [4.78, 5) is 44.4. The van der Waals surface area contributed by atoms with Crippen molar-refractivity contribution in [2.45, 2.75) is 46.1 Å². The molecule has 10 nitrogen and oxygen atoms in total. The summed E-state index contributed by atoms with van der Waals surface area (Å²) in [7, 11) is 0. The molecule has 3 amide bonds. The highest BCUT2D eigenvalue weighted by molar-refractivity contribution is 14.1. The summed E-state index contributed by atoms with van der Waals surface area (Å²) in [5.41, 5.74) is 3.20. The maximum Gasteiger partial charge on any atom is 0.421 e. The zero-order chi connectivity index (χ0) is 25.1. The minimum absolute atomic E-state index is 0.125. The fourth-order valence-electron chi connectivity index (χ4n) is 3.77. The summed E-state index contributed by atoms with van der Waals surface area (Å²) in [6.45, 7) is 6.16. The van der Waals surface area contributed by atoms with Crippen molar-refractivity contribution in [3.05, 3.63) is 53.0 Å². The quantitative estimate of drug-likeness (QED) is 0.302. The van der Waals surface area contributed by atoms with Gasteiger partial charge in [0.25, 0.3) is 11.8 Å². The molecule has 0 spiro atoms. The van der Waals surface area contributed by atoms with Gasteiger partial charge in [-0.1, -0.05) is 13.0 Å². The number of carbonyl (C=O) groups excluding carboxylic acids is 3. The van der Waals surface area contributed by atoms with Gasteiger partial charge in [-0.25, -0.2) is 19.2 Å². The summed E-state index contributed by atoms with van der Waals surface area (Å²) in [6.07, 6.45) is 5.04. The zero-order valence-electron chi connectivity index (χ0n) is 19.8. The molecule has 184 valence electrons. The Morgan fingerprint density at radius 1 is 1.23 bits per heavy atom. The van der Waals surface area contributed by atoms with E-state index in [9.17, 15) is 14.4 Å². The van der Waals surface area contributed by atoms with Gasteiger partial charge in [-0.3, -0.25) is 9.59 Å². The van der Waals surface area contributed by atoms with Crippen LogP contribution in [0.15, 0.2) is 30.7 Å². The lowest BCUT2D eigenvalue weighted by Crippen LogP contribution is -2.30. The molecule has 0 bridgehead atoms. The van der Waals surface area contributed by atoms with Crippen LogP contribution < -0.4 is 15.5 Å². The van der Waals surface area contributed by atoms with Gasteiger partial charge in [-0.15, -0.1) is 0 Å². The molecule has 2 aromatic heterocycles. The molecule has 4 rings (SSSR count). The molecule has 2 N–H and O–H groups in total. The molecule has 1 aliphatic rings. The number of halogens is 1. The van der Waals surface area contributed by atoms with Gasteiger partial charge in [-0.2, -0.15) is 5.10 Å². The molecular formula is C24H27IN6O4. The topological polar surface area (TPSA) is 118 Å². The second-order valence-electron chi connectivity index (χ2n) is 8.40. The predicted molar refractivity (Wildman–Crippen MR) is 140 cm³/mol. The van der Waals surface area contributed by atoms with Crippen molar-refractivity contribution in [2.24, 2.45) is 0 Å². The van der Waals surface area contributed by atoms with E-state index < -0.39 is 6.09 Å². The minimum Gasteiger partial charge on any atom is -0.438 e. The average molecular weight is 590 g/mol. The molecule has 0 saturated heterocycles. The van der Waals surface area contributed by atoms with E-state index in [1.54, 1.807) is 31.3 Å². The van der Waals surface area contributed by atoms with Gasteiger partial charge >= 0.3 is 6.09 Å². The highest BCUT2D eigenvalue weighted by Crippen LogP contribution is 2.34. The second kappa shape index (κ2) is 10.6. The lowest BCUT2D eigenvalue weighted by molar-refractivity contribution is 0.0943. The molecule has 1 saturated carbocycles. The highest BCUT2D eigenvalue weighted by Gasteiger charge is 2.29. The molecule has 35 heavy (non-hydrogen) atoms.